The Balaban J connectivity index is 2.18. The number of carboxylic acid groups (broad SMARTS) is 2. The lowest BCUT2D eigenvalue weighted by Crippen LogP contribution is -2.15. The fourth-order valence-corrected chi connectivity index (χ4v) is 2.07. The number of nitrogens with one attached hydrogen (secondary N) is 1. The summed E-state index contributed by atoms with van der Waals surface area (Å²) < 4.78 is 0. The van der Waals surface area contributed by atoms with Crippen LogP contribution in [-0.4, -0.2) is 28.1 Å². The van der Waals surface area contributed by atoms with Crippen LogP contribution in [0.25, 0.3) is 0 Å². The number of carbonyl (C=O) groups excluding carboxylic acids is 1. The highest BCUT2D eigenvalue weighted by Crippen LogP contribution is 2.16. The molecule has 3 N–H and O–H groups in total. The van der Waals surface area contributed by atoms with Gasteiger partial charge in [-0.3, -0.25) is 4.79 Å². The zero-order chi connectivity index (χ0) is 17.0. The Morgan fingerprint density at radius 1 is 0.913 bits per heavy atom. The summed E-state index contributed by atoms with van der Waals surface area (Å²) in [7, 11) is 0. The molecule has 0 radical (unpaired) electrons. The third-order valence-corrected chi connectivity index (χ3v) is 3.24. The highest BCUT2D eigenvalue weighted by Gasteiger charge is 2.13. The molecule has 0 saturated carbocycles. The van der Waals surface area contributed by atoms with Crippen molar-refractivity contribution in [3.63, 3.8) is 0 Å². The van der Waals surface area contributed by atoms with Crippen molar-refractivity contribution in [1.82, 2.24) is 0 Å². The summed E-state index contributed by atoms with van der Waals surface area (Å²) in [5.74, 6) is -2.95. The molecule has 6 nitrogen and oxygen atoms in total. The van der Waals surface area contributed by atoms with Gasteiger partial charge in [0.1, 0.15) is 0 Å². The molecule has 0 spiro atoms. The molecule has 0 bridgehead atoms. The number of carboxylic acids is 2. The minimum absolute atomic E-state index is 0.0525. The molecular weight excluding hydrogens is 322 g/mol. The van der Waals surface area contributed by atoms with Crippen LogP contribution in [0.15, 0.2) is 42.5 Å². The van der Waals surface area contributed by atoms with E-state index in [4.69, 9.17) is 21.8 Å². The number of hydrogen-bond donors (Lipinski definition) is 3. The van der Waals surface area contributed by atoms with Gasteiger partial charge in [0.15, 0.2) is 0 Å². The van der Waals surface area contributed by atoms with Crippen molar-refractivity contribution in [2.75, 3.05) is 5.32 Å². The standard InChI is InChI=1S/C16H12ClNO5/c17-12-3-1-9(2-4-12)5-14(19)18-13-7-10(15(20)21)6-11(8-13)16(22)23/h1-4,6-8H,5H2,(H,18,19)(H,20,21)(H,22,23). The number of aromatic carboxylic acids is 2. The van der Waals surface area contributed by atoms with E-state index in [2.05, 4.69) is 5.32 Å². The number of halogens is 1. The second-order valence-electron chi connectivity index (χ2n) is 4.76. The normalized spacial score (nSPS) is 10.1. The van der Waals surface area contributed by atoms with Crippen molar-refractivity contribution in [2.24, 2.45) is 0 Å². The molecule has 23 heavy (non-hydrogen) atoms. The smallest absolute Gasteiger partial charge is 0.335 e. The van der Waals surface area contributed by atoms with Gasteiger partial charge in [-0.25, -0.2) is 9.59 Å². The van der Waals surface area contributed by atoms with E-state index in [0.717, 1.165) is 11.6 Å². The minimum Gasteiger partial charge on any atom is -0.478 e. The first-order valence-electron chi connectivity index (χ1n) is 6.51. The maximum Gasteiger partial charge on any atom is 0.335 e. The second-order valence-corrected chi connectivity index (χ2v) is 5.20. The predicted octanol–water partition coefficient (Wildman–Crippen LogP) is 2.92. The lowest BCUT2D eigenvalue weighted by molar-refractivity contribution is -0.115. The van der Waals surface area contributed by atoms with E-state index < -0.39 is 17.8 Å². The summed E-state index contributed by atoms with van der Waals surface area (Å²) in [4.78, 5) is 34.0. The average Bonchev–Trinajstić information content (AvgIpc) is 2.49. The summed E-state index contributed by atoms with van der Waals surface area (Å²) in [6, 6.07) is 10.1. The summed E-state index contributed by atoms with van der Waals surface area (Å²) in [5, 5.41) is 21.0. The van der Waals surface area contributed by atoms with Crippen molar-refractivity contribution < 1.29 is 24.6 Å². The monoisotopic (exact) mass is 333 g/mol. The fourth-order valence-electron chi connectivity index (χ4n) is 1.94. The predicted molar refractivity (Wildman–Crippen MR) is 84.1 cm³/mol. The maximum absolute atomic E-state index is 12.0. The zero-order valence-electron chi connectivity index (χ0n) is 11.7. The summed E-state index contributed by atoms with van der Waals surface area (Å²) in [6.45, 7) is 0. The minimum atomic E-state index is -1.28. The summed E-state index contributed by atoms with van der Waals surface area (Å²) in [6.07, 6.45) is 0.0525. The number of rotatable bonds is 5. The van der Waals surface area contributed by atoms with Crippen LogP contribution in [0, 0.1) is 0 Å². The maximum atomic E-state index is 12.0. The van der Waals surface area contributed by atoms with E-state index >= 15 is 0 Å². The number of hydrogen-bond acceptors (Lipinski definition) is 3. The number of carbonyl (C=O) groups is 3. The van der Waals surface area contributed by atoms with Crippen LogP contribution in [0.1, 0.15) is 26.3 Å². The number of benzene rings is 2. The first kappa shape index (κ1) is 16.5. The van der Waals surface area contributed by atoms with E-state index in [9.17, 15) is 14.4 Å². The molecule has 7 heteroatoms. The zero-order valence-corrected chi connectivity index (χ0v) is 12.5. The molecule has 0 heterocycles. The molecule has 0 saturated heterocycles. The third-order valence-electron chi connectivity index (χ3n) is 2.99. The van der Waals surface area contributed by atoms with E-state index in [1.165, 1.54) is 12.1 Å². The van der Waals surface area contributed by atoms with Gasteiger partial charge in [-0.2, -0.15) is 0 Å². The van der Waals surface area contributed by atoms with Crippen molar-refractivity contribution >= 4 is 35.1 Å². The van der Waals surface area contributed by atoms with Gasteiger partial charge in [-0.1, -0.05) is 23.7 Å². The van der Waals surface area contributed by atoms with Gasteiger partial charge in [0.25, 0.3) is 0 Å². The Morgan fingerprint density at radius 3 is 1.91 bits per heavy atom. The Morgan fingerprint density at radius 2 is 1.43 bits per heavy atom. The summed E-state index contributed by atoms with van der Waals surface area (Å²) >= 11 is 5.76. The molecule has 0 unspecified atom stereocenters. The van der Waals surface area contributed by atoms with Crippen LogP contribution >= 0.6 is 11.6 Å². The van der Waals surface area contributed by atoms with E-state index in [-0.39, 0.29) is 23.2 Å². The second kappa shape index (κ2) is 6.93. The molecule has 0 atom stereocenters. The van der Waals surface area contributed by atoms with Crippen molar-refractivity contribution in [1.29, 1.82) is 0 Å². The Bertz CT molecular complexity index is 738. The quantitative estimate of drug-likeness (QED) is 0.780. The molecule has 118 valence electrons. The summed E-state index contributed by atoms with van der Waals surface area (Å²) in [5.41, 5.74) is 0.402. The molecule has 0 aromatic heterocycles. The van der Waals surface area contributed by atoms with Crippen LogP contribution in [0.4, 0.5) is 5.69 Å². The van der Waals surface area contributed by atoms with Crippen molar-refractivity contribution in [2.45, 2.75) is 6.42 Å². The van der Waals surface area contributed by atoms with Gasteiger partial charge in [0.2, 0.25) is 5.91 Å². The van der Waals surface area contributed by atoms with Crippen molar-refractivity contribution in [3.05, 3.63) is 64.2 Å². The van der Waals surface area contributed by atoms with Crippen LogP contribution < -0.4 is 5.32 Å². The molecule has 0 aliphatic carbocycles. The molecule has 2 rings (SSSR count). The van der Waals surface area contributed by atoms with Crippen LogP contribution in [0.2, 0.25) is 5.02 Å². The Hall–Kier alpha value is -2.86. The first-order valence-corrected chi connectivity index (χ1v) is 6.89. The molecule has 0 aliphatic heterocycles. The van der Waals surface area contributed by atoms with E-state index in [1.807, 2.05) is 0 Å². The molecule has 0 aliphatic rings. The van der Waals surface area contributed by atoms with Gasteiger partial charge >= 0.3 is 11.9 Å². The largest absolute Gasteiger partial charge is 0.478 e. The van der Waals surface area contributed by atoms with Crippen LogP contribution in [-0.2, 0) is 11.2 Å². The molecule has 2 aromatic carbocycles. The topological polar surface area (TPSA) is 104 Å². The molecular formula is C16H12ClNO5. The van der Waals surface area contributed by atoms with Gasteiger partial charge in [-0.05, 0) is 35.9 Å². The van der Waals surface area contributed by atoms with Crippen LogP contribution in [0.3, 0.4) is 0 Å². The van der Waals surface area contributed by atoms with Crippen LogP contribution in [0.5, 0.6) is 0 Å². The SMILES string of the molecule is O=C(Cc1ccc(Cl)cc1)Nc1cc(C(=O)O)cc(C(=O)O)c1. The lowest BCUT2D eigenvalue weighted by atomic mass is 10.1. The molecule has 0 fully saturated rings. The highest BCUT2D eigenvalue weighted by atomic mass is 35.5. The Labute approximate surface area is 136 Å². The highest BCUT2D eigenvalue weighted by molar-refractivity contribution is 6.30. The molecule has 1 amide bonds. The van der Waals surface area contributed by atoms with Gasteiger partial charge in [0, 0.05) is 10.7 Å². The number of amides is 1. The van der Waals surface area contributed by atoms with E-state index in [1.54, 1.807) is 24.3 Å². The van der Waals surface area contributed by atoms with Gasteiger partial charge in [-0.15, -0.1) is 0 Å². The average molecular weight is 334 g/mol. The fraction of sp³-hybridized carbons (Fsp3) is 0.0625. The van der Waals surface area contributed by atoms with Gasteiger partial charge < -0.3 is 15.5 Å². The molecule has 2 aromatic rings. The number of anilines is 1. The lowest BCUT2D eigenvalue weighted by Gasteiger charge is -2.08. The van der Waals surface area contributed by atoms with Crippen molar-refractivity contribution in [3.8, 4) is 0 Å². The first-order chi connectivity index (χ1) is 10.8. The third kappa shape index (κ3) is 4.55. The van der Waals surface area contributed by atoms with E-state index in [0.29, 0.717) is 5.02 Å². The Kier molecular flexibility index (Phi) is 4.98. The van der Waals surface area contributed by atoms with Gasteiger partial charge in [0.05, 0.1) is 17.5 Å².